The van der Waals surface area contributed by atoms with E-state index in [9.17, 15) is 22.8 Å². The number of sulfonamides is 1. The van der Waals surface area contributed by atoms with Gasteiger partial charge >= 0.3 is 0 Å². The summed E-state index contributed by atoms with van der Waals surface area (Å²) in [6.45, 7) is -0.0291. The number of aromatic nitrogens is 2. The van der Waals surface area contributed by atoms with Gasteiger partial charge in [-0.15, -0.1) is 0 Å². The lowest BCUT2D eigenvalue weighted by atomic mass is 10.1. The zero-order valence-corrected chi connectivity index (χ0v) is 22.3. The summed E-state index contributed by atoms with van der Waals surface area (Å²) in [5.74, 6) is -0.947. The molecule has 1 aliphatic rings. The SMILES string of the molecule is O=C(NO)[C@@H](CCCN1C(=O)c2ccccc2C1=O)NS(=O)(=O)c1ccc(Oc2ccc(-n3ccnc3)cc2)cc1. The maximum Gasteiger partial charge on any atom is 0.261 e. The fourth-order valence-electron chi connectivity index (χ4n) is 4.39. The molecule has 0 bridgehead atoms. The van der Waals surface area contributed by atoms with Gasteiger partial charge in [0.15, 0.2) is 0 Å². The number of ether oxygens (including phenoxy) is 1. The number of carbonyl (C=O) groups excluding carboxylic acids is 3. The van der Waals surface area contributed by atoms with E-state index in [2.05, 4.69) is 9.71 Å². The van der Waals surface area contributed by atoms with E-state index >= 15 is 0 Å². The van der Waals surface area contributed by atoms with Crippen LogP contribution in [0, 0.1) is 0 Å². The molecule has 210 valence electrons. The molecule has 2 heterocycles. The zero-order chi connectivity index (χ0) is 29.0. The van der Waals surface area contributed by atoms with Crippen molar-refractivity contribution in [2.24, 2.45) is 0 Å². The Balaban J connectivity index is 1.20. The van der Waals surface area contributed by atoms with Gasteiger partial charge in [-0.05, 0) is 73.5 Å². The van der Waals surface area contributed by atoms with Gasteiger partial charge in [-0.1, -0.05) is 12.1 Å². The largest absolute Gasteiger partial charge is 0.457 e. The monoisotopic (exact) mass is 575 g/mol. The summed E-state index contributed by atoms with van der Waals surface area (Å²) < 4.78 is 35.9. The fourth-order valence-corrected chi connectivity index (χ4v) is 5.62. The zero-order valence-electron chi connectivity index (χ0n) is 21.5. The van der Waals surface area contributed by atoms with Crippen LogP contribution in [0.2, 0.25) is 0 Å². The first kappa shape index (κ1) is 27.7. The number of hydrogen-bond donors (Lipinski definition) is 3. The molecule has 3 amide bonds. The Morgan fingerprint density at radius 1 is 0.927 bits per heavy atom. The summed E-state index contributed by atoms with van der Waals surface area (Å²) in [6.07, 6.45) is 5.18. The van der Waals surface area contributed by atoms with E-state index in [4.69, 9.17) is 9.94 Å². The molecule has 0 saturated heterocycles. The van der Waals surface area contributed by atoms with Crippen LogP contribution in [0.25, 0.3) is 5.69 Å². The summed E-state index contributed by atoms with van der Waals surface area (Å²) in [5, 5.41) is 9.16. The van der Waals surface area contributed by atoms with Gasteiger partial charge in [-0.2, -0.15) is 4.72 Å². The third-order valence-corrected chi connectivity index (χ3v) is 7.97. The minimum absolute atomic E-state index is 0.0291. The highest BCUT2D eigenvalue weighted by Crippen LogP contribution is 2.25. The standard InChI is InChI=1S/C28H25N5O7S/c34-26(30-37)25(6-3-16-33-27(35)23-4-1-2-5-24(23)28(33)36)31-41(38,39)22-13-11-21(12-14-22)40-20-9-7-19(8-10-20)32-17-15-29-18-32/h1-2,4-5,7-15,17-18,25,31,37H,3,6,16H2,(H,30,34)/t25-/m1/s1. The van der Waals surface area contributed by atoms with E-state index in [1.807, 2.05) is 22.9 Å². The Hall–Kier alpha value is -4.85. The Morgan fingerprint density at radius 2 is 1.54 bits per heavy atom. The molecule has 41 heavy (non-hydrogen) atoms. The first-order chi connectivity index (χ1) is 19.8. The molecule has 1 aromatic heterocycles. The van der Waals surface area contributed by atoms with Crippen molar-refractivity contribution < 1.29 is 32.7 Å². The fraction of sp³-hybridized carbons (Fsp3) is 0.143. The summed E-state index contributed by atoms with van der Waals surface area (Å²) >= 11 is 0. The lowest BCUT2D eigenvalue weighted by molar-refractivity contribution is -0.131. The third-order valence-electron chi connectivity index (χ3n) is 6.49. The van der Waals surface area contributed by atoms with Crippen molar-refractivity contribution in [3.63, 3.8) is 0 Å². The van der Waals surface area contributed by atoms with Gasteiger partial charge in [0.25, 0.3) is 17.7 Å². The molecule has 4 aromatic rings. The number of imide groups is 1. The van der Waals surface area contributed by atoms with E-state index in [1.165, 1.54) is 29.7 Å². The molecule has 5 rings (SSSR count). The molecule has 1 aliphatic heterocycles. The Labute approximate surface area is 235 Å². The number of amides is 3. The molecule has 0 unspecified atom stereocenters. The second-order valence-electron chi connectivity index (χ2n) is 9.14. The molecule has 13 heteroatoms. The van der Waals surface area contributed by atoms with Crippen LogP contribution in [0.3, 0.4) is 0 Å². The smallest absolute Gasteiger partial charge is 0.261 e. The number of carbonyl (C=O) groups is 3. The molecule has 3 N–H and O–H groups in total. The number of rotatable bonds is 11. The quantitative estimate of drug-likeness (QED) is 0.140. The van der Waals surface area contributed by atoms with Crippen LogP contribution in [0.5, 0.6) is 11.5 Å². The van der Waals surface area contributed by atoms with Crippen LogP contribution in [0.1, 0.15) is 33.6 Å². The number of hydroxylamine groups is 1. The number of imidazole rings is 1. The highest BCUT2D eigenvalue weighted by molar-refractivity contribution is 7.89. The lowest BCUT2D eigenvalue weighted by Gasteiger charge is -2.19. The lowest BCUT2D eigenvalue weighted by Crippen LogP contribution is -2.46. The van der Waals surface area contributed by atoms with E-state index in [1.54, 1.807) is 48.9 Å². The number of benzene rings is 3. The van der Waals surface area contributed by atoms with Gasteiger partial charge in [-0.25, -0.2) is 18.9 Å². The Morgan fingerprint density at radius 3 is 2.10 bits per heavy atom. The summed E-state index contributed by atoms with van der Waals surface area (Å²) in [6, 6.07) is 17.9. The van der Waals surface area contributed by atoms with Crippen LogP contribution in [0.15, 0.2) is 96.4 Å². The van der Waals surface area contributed by atoms with Gasteiger partial charge in [0.05, 0.1) is 22.3 Å². The van der Waals surface area contributed by atoms with Crippen LogP contribution in [0.4, 0.5) is 0 Å². The van der Waals surface area contributed by atoms with Gasteiger partial charge in [0, 0.05) is 24.6 Å². The average molecular weight is 576 g/mol. The molecule has 0 radical (unpaired) electrons. The van der Waals surface area contributed by atoms with Crippen LogP contribution in [-0.2, 0) is 14.8 Å². The predicted molar refractivity (Wildman–Crippen MR) is 145 cm³/mol. The maximum atomic E-state index is 13.0. The molecular formula is C28H25N5O7S. The van der Waals surface area contributed by atoms with Gasteiger partial charge in [0.1, 0.15) is 17.5 Å². The topological polar surface area (TPSA) is 160 Å². The number of nitrogens with zero attached hydrogens (tertiary/aromatic N) is 3. The minimum Gasteiger partial charge on any atom is -0.457 e. The van der Waals surface area contributed by atoms with Gasteiger partial charge in [-0.3, -0.25) is 24.5 Å². The molecule has 3 aromatic carbocycles. The molecule has 0 aliphatic carbocycles. The van der Waals surface area contributed by atoms with E-state index in [-0.39, 0.29) is 24.3 Å². The second kappa shape index (κ2) is 11.7. The maximum absolute atomic E-state index is 13.0. The molecule has 12 nitrogen and oxygen atoms in total. The summed E-state index contributed by atoms with van der Waals surface area (Å²) in [7, 11) is -4.18. The molecule has 0 spiro atoms. The first-order valence-corrected chi connectivity index (χ1v) is 14.0. The second-order valence-corrected chi connectivity index (χ2v) is 10.9. The predicted octanol–water partition coefficient (Wildman–Crippen LogP) is 2.89. The number of hydrogen-bond acceptors (Lipinski definition) is 8. The highest BCUT2D eigenvalue weighted by atomic mass is 32.2. The molecule has 0 saturated carbocycles. The molecular weight excluding hydrogens is 550 g/mol. The van der Waals surface area contributed by atoms with Crippen molar-refractivity contribution in [1.82, 2.24) is 24.7 Å². The van der Waals surface area contributed by atoms with E-state index in [0.29, 0.717) is 22.6 Å². The van der Waals surface area contributed by atoms with E-state index < -0.39 is 33.8 Å². The van der Waals surface area contributed by atoms with Crippen LogP contribution < -0.4 is 14.9 Å². The summed E-state index contributed by atoms with van der Waals surface area (Å²) in [4.78, 5) is 42.3. The third kappa shape index (κ3) is 6.01. The van der Waals surface area contributed by atoms with Gasteiger partial charge in [0.2, 0.25) is 10.0 Å². The normalized spacial score (nSPS) is 13.6. The molecule has 0 fully saturated rings. The van der Waals surface area contributed by atoms with Crippen molar-refractivity contribution in [3.8, 4) is 17.2 Å². The first-order valence-electron chi connectivity index (χ1n) is 12.5. The minimum atomic E-state index is -4.18. The highest BCUT2D eigenvalue weighted by Gasteiger charge is 2.35. The Kier molecular flexibility index (Phi) is 7.92. The van der Waals surface area contributed by atoms with Crippen molar-refractivity contribution >= 4 is 27.7 Å². The summed E-state index contributed by atoms with van der Waals surface area (Å²) in [5.41, 5.74) is 2.94. The number of nitrogens with one attached hydrogen (secondary N) is 2. The van der Waals surface area contributed by atoms with E-state index in [0.717, 1.165) is 10.6 Å². The van der Waals surface area contributed by atoms with Crippen LogP contribution >= 0.6 is 0 Å². The van der Waals surface area contributed by atoms with Crippen molar-refractivity contribution in [3.05, 3.63) is 103 Å². The van der Waals surface area contributed by atoms with Crippen LogP contribution in [-0.4, -0.2) is 58.4 Å². The Bertz CT molecular complexity index is 1640. The van der Waals surface area contributed by atoms with Gasteiger partial charge < -0.3 is 9.30 Å². The van der Waals surface area contributed by atoms with Crippen molar-refractivity contribution in [2.75, 3.05) is 6.54 Å². The molecule has 1 atom stereocenters. The van der Waals surface area contributed by atoms with Crippen molar-refractivity contribution in [2.45, 2.75) is 23.8 Å². The van der Waals surface area contributed by atoms with Crippen molar-refractivity contribution in [1.29, 1.82) is 0 Å². The average Bonchev–Trinajstić information content (AvgIpc) is 3.61. The number of fused-ring (bicyclic) bond motifs is 1.